The van der Waals surface area contributed by atoms with Gasteiger partial charge in [0, 0.05) is 29.1 Å². The molecule has 44 heavy (non-hydrogen) atoms. The van der Waals surface area contributed by atoms with Crippen molar-refractivity contribution in [2.24, 2.45) is 11.7 Å². The van der Waals surface area contributed by atoms with Crippen LogP contribution < -0.4 is 21.5 Å². The van der Waals surface area contributed by atoms with Crippen molar-refractivity contribution < 1.29 is 31.5 Å². The number of rotatable bonds is 9. The number of aryl methyl sites for hydroxylation is 1. The molecule has 0 spiro atoms. The van der Waals surface area contributed by atoms with Gasteiger partial charge in [0.1, 0.15) is 18.1 Å². The molecule has 1 aromatic carbocycles. The smallest absolute Gasteiger partial charge is 0.417 e. The van der Waals surface area contributed by atoms with E-state index in [1.54, 1.807) is 19.1 Å². The van der Waals surface area contributed by atoms with Gasteiger partial charge in [-0.15, -0.1) is 0 Å². The summed E-state index contributed by atoms with van der Waals surface area (Å²) in [6.45, 7) is 10.6. The second-order valence-electron chi connectivity index (χ2n) is 11.1. The number of pyridine rings is 2. The number of hydrogen-bond donors (Lipinski definition) is 3. The molecule has 3 heterocycles. The second kappa shape index (κ2) is 15.9. The summed E-state index contributed by atoms with van der Waals surface area (Å²) < 4.78 is 76.9. The average molecular weight is 624 g/mol. The van der Waals surface area contributed by atoms with Crippen LogP contribution >= 0.6 is 0 Å². The summed E-state index contributed by atoms with van der Waals surface area (Å²) in [7, 11) is 1.50. The van der Waals surface area contributed by atoms with Gasteiger partial charge in [0.05, 0.1) is 22.5 Å². The number of aldehydes is 1. The monoisotopic (exact) mass is 623 g/mol. The summed E-state index contributed by atoms with van der Waals surface area (Å²) in [4.78, 5) is 19.7. The number of nitrogen functional groups attached to an aromatic ring is 1. The van der Waals surface area contributed by atoms with Gasteiger partial charge in [0.2, 0.25) is 0 Å². The molecule has 1 aliphatic rings. The molecule has 0 aliphatic carbocycles. The number of carbonyl (C=O) groups is 1. The molecule has 0 radical (unpaired) electrons. The van der Waals surface area contributed by atoms with E-state index in [4.69, 9.17) is 10.5 Å². The highest BCUT2D eigenvalue weighted by atomic mass is 19.4. The van der Waals surface area contributed by atoms with Crippen molar-refractivity contribution in [1.82, 2.24) is 15.3 Å². The fraction of sp³-hybridized carbons (Fsp3) is 0.469. The number of hydrogen-bond acceptors (Lipinski definition) is 7. The first kappa shape index (κ1) is 36.6. The van der Waals surface area contributed by atoms with Gasteiger partial charge in [-0.1, -0.05) is 33.3 Å². The average Bonchev–Trinajstić information content (AvgIpc) is 2.95. The molecule has 7 nitrogen and oxygen atoms in total. The summed E-state index contributed by atoms with van der Waals surface area (Å²) in [5, 5.41) is 3.45. The lowest BCUT2D eigenvalue weighted by Gasteiger charge is -2.41. The zero-order valence-electron chi connectivity index (χ0n) is 26.0. The van der Waals surface area contributed by atoms with Crippen LogP contribution in [0.5, 0.6) is 5.75 Å². The number of ether oxygens (including phenoxy) is 1. The molecule has 242 valence electrons. The Morgan fingerprint density at radius 3 is 2.32 bits per heavy atom. The van der Waals surface area contributed by atoms with Crippen LogP contribution in [0.1, 0.15) is 79.7 Å². The fourth-order valence-corrected chi connectivity index (χ4v) is 5.11. The number of anilines is 1. The van der Waals surface area contributed by atoms with Crippen LogP contribution in [0.4, 0.5) is 27.6 Å². The maximum Gasteiger partial charge on any atom is 0.417 e. The lowest BCUT2D eigenvalue weighted by atomic mass is 9.82. The van der Waals surface area contributed by atoms with Crippen molar-refractivity contribution in [1.29, 1.82) is 0 Å². The molecule has 1 atom stereocenters. The minimum absolute atomic E-state index is 0.0544. The Hall–Kier alpha value is -3.64. The number of nitrogens with two attached hydrogens (primary N) is 2. The Labute approximate surface area is 255 Å². The van der Waals surface area contributed by atoms with Crippen LogP contribution in [0.2, 0.25) is 0 Å². The van der Waals surface area contributed by atoms with E-state index in [0.717, 1.165) is 12.8 Å². The van der Waals surface area contributed by atoms with E-state index in [1.165, 1.54) is 38.8 Å². The van der Waals surface area contributed by atoms with E-state index in [0.29, 0.717) is 29.9 Å². The number of benzene rings is 1. The largest absolute Gasteiger partial charge is 0.485 e. The van der Waals surface area contributed by atoms with Crippen LogP contribution in [0.15, 0.2) is 30.6 Å². The predicted octanol–water partition coefficient (Wildman–Crippen LogP) is 7.03. The number of nitrogens with zero attached hydrogens (tertiary/aromatic N) is 2. The van der Waals surface area contributed by atoms with Gasteiger partial charge in [-0.25, -0.2) is 13.8 Å². The van der Waals surface area contributed by atoms with Crippen molar-refractivity contribution in [3.8, 4) is 17.0 Å². The second-order valence-corrected chi connectivity index (χ2v) is 11.1. The van der Waals surface area contributed by atoms with Crippen molar-refractivity contribution >= 4 is 12.0 Å². The molecule has 0 saturated carbocycles. The maximum atomic E-state index is 15.6. The van der Waals surface area contributed by atoms with Gasteiger partial charge in [-0.05, 0) is 70.3 Å². The van der Waals surface area contributed by atoms with Gasteiger partial charge in [0.25, 0.3) is 0 Å². The Morgan fingerprint density at radius 1 is 1.20 bits per heavy atom. The summed E-state index contributed by atoms with van der Waals surface area (Å²) in [6.07, 6.45) is 1.63. The third kappa shape index (κ3) is 8.95. The normalized spacial score (nSPS) is 15.8. The number of carbonyl (C=O) groups excluding carboxylic acids is 1. The van der Waals surface area contributed by atoms with Crippen molar-refractivity contribution in [3.63, 3.8) is 0 Å². The van der Waals surface area contributed by atoms with E-state index < -0.39 is 51.6 Å². The molecule has 5 N–H and O–H groups in total. The summed E-state index contributed by atoms with van der Waals surface area (Å²) in [5.74, 6) is -2.24. The van der Waals surface area contributed by atoms with E-state index >= 15 is 4.39 Å². The van der Waals surface area contributed by atoms with E-state index in [9.17, 15) is 22.4 Å². The molecule has 1 unspecified atom stereocenters. The fourth-order valence-electron chi connectivity index (χ4n) is 5.11. The minimum Gasteiger partial charge on any atom is -0.485 e. The number of aromatic nitrogens is 2. The first-order valence-corrected chi connectivity index (χ1v) is 14.4. The Kier molecular flexibility index (Phi) is 13.2. The van der Waals surface area contributed by atoms with Gasteiger partial charge >= 0.3 is 6.18 Å². The zero-order valence-corrected chi connectivity index (χ0v) is 26.0. The predicted molar refractivity (Wildman–Crippen MR) is 162 cm³/mol. The first-order chi connectivity index (χ1) is 20.7. The van der Waals surface area contributed by atoms with Gasteiger partial charge in [-0.3, -0.25) is 9.78 Å². The number of nitrogens with one attached hydrogen (secondary N) is 1. The number of halogens is 5. The summed E-state index contributed by atoms with van der Waals surface area (Å²) >= 11 is 0. The molecule has 0 amide bonds. The topological polar surface area (TPSA) is 116 Å². The Bertz CT molecular complexity index is 1390. The van der Waals surface area contributed by atoms with Crippen LogP contribution in [-0.2, 0) is 19.2 Å². The molecule has 1 fully saturated rings. The third-order valence-electron chi connectivity index (χ3n) is 7.07. The highest BCUT2D eigenvalue weighted by molar-refractivity contribution is 5.84. The van der Waals surface area contributed by atoms with Crippen LogP contribution in [0.25, 0.3) is 11.3 Å². The van der Waals surface area contributed by atoms with Gasteiger partial charge in [-0.2, -0.15) is 13.2 Å². The molecular weight excluding hydrogens is 581 g/mol. The van der Waals surface area contributed by atoms with Crippen LogP contribution in [-0.4, -0.2) is 35.4 Å². The molecule has 12 heteroatoms. The van der Waals surface area contributed by atoms with Crippen LogP contribution in [0.3, 0.4) is 0 Å². The highest BCUT2D eigenvalue weighted by Gasteiger charge is 2.39. The zero-order chi connectivity index (χ0) is 33.2. The van der Waals surface area contributed by atoms with Crippen molar-refractivity contribution in [2.45, 2.75) is 78.6 Å². The molecule has 4 rings (SSSR count). The van der Waals surface area contributed by atoms with E-state index in [2.05, 4.69) is 41.8 Å². The molecule has 1 saturated heterocycles. The summed E-state index contributed by atoms with van der Waals surface area (Å²) in [5.41, 5.74) is 6.70. The summed E-state index contributed by atoms with van der Waals surface area (Å²) in [6, 6.07) is 3.96. The molecule has 1 aliphatic heterocycles. The minimum atomic E-state index is -5.02. The number of alkyl halides is 3. The third-order valence-corrected chi connectivity index (χ3v) is 7.07. The van der Waals surface area contributed by atoms with Gasteiger partial charge < -0.3 is 21.5 Å². The Morgan fingerprint density at radius 2 is 1.86 bits per heavy atom. The quantitative estimate of drug-likeness (QED) is 0.133. The molecule has 3 aromatic rings. The van der Waals surface area contributed by atoms with Gasteiger partial charge in [0.15, 0.2) is 17.9 Å². The highest BCUT2D eigenvalue weighted by Crippen LogP contribution is 2.44. The Balaban J connectivity index is 0.000000519. The lowest BCUT2D eigenvalue weighted by Crippen LogP contribution is -2.55. The molecule has 2 aromatic heterocycles. The maximum absolute atomic E-state index is 15.6. The first-order valence-electron chi connectivity index (χ1n) is 14.4. The molecular formula is C32H42F5N5O2. The lowest BCUT2D eigenvalue weighted by molar-refractivity contribution is -0.137. The van der Waals surface area contributed by atoms with E-state index in [1.807, 2.05) is 0 Å². The van der Waals surface area contributed by atoms with Crippen molar-refractivity contribution in [3.05, 3.63) is 70.2 Å². The molecule has 0 bridgehead atoms. The van der Waals surface area contributed by atoms with Crippen LogP contribution in [0, 0.1) is 24.5 Å². The van der Waals surface area contributed by atoms with E-state index in [-0.39, 0.29) is 24.3 Å². The van der Waals surface area contributed by atoms with Crippen molar-refractivity contribution in [2.75, 3.05) is 19.3 Å². The SMILES string of the molecule is CC(C)CC1(C)CCN1.CCCc1nc(-c2cc(N)c(F)c(C)c2C(F)(F)F)c(F)c(OCc2cccnc2)c1C=O.CN. The standard InChI is InChI=1S/C23H20F5N3O2.C8H17N.CH5N/c1-3-5-17-15(10-32)22(33-11-13-6-4-7-30-9-13)20(25)21(31-17)14-8-16(29)19(24)12(2)18(14)23(26,27)28;1-7(2)6-8(3)4-5-9-8;1-2/h4,6-10H,3,5,11,29H2,1-2H3;7,9H,4-6H2,1-3H3;2H2,1H3.